The van der Waals surface area contributed by atoms with E-state index in [1.54, 1.807) is 0 Å². The van der Waals surface area contributed by atoms with E-state index in [0.29, 0.717) is 17.4 Å². The fourth-order valence-electron chi connectivity index (χ4n) is 2.06. The summed E-state index contributed by atoms with van der Waals surface area (Å²) in [6.45, 7) is 7.80. The van der Waals surface area contributed by atoms with Crippen molar-refractivity contribution < 1.29 is 4.74 Å². The van der Waals surface area contributed by atoms with Crippen LogP contribution in [-0.4, -0.2) is 23.7 Å². The highest BCUT2D eigenvalue weighted by molar-refractivity contribution is 7.99. The van der Waals surface area contributed by atoms with Crippen LogP contribution in [0.3, 0.4) is 0 Å². The first-order chi connectivity index (χ1) is 9.69. The van der Waals surface area contributed by atoms with Crippen LogP contribution in [0.25, 0.3) is 0 Å². The maximum Gasteiger partial charge on any atom is 0.120 e. The van der Waals surface area contributed by atoms with Crippen molar-refractivity contribution in [1.29, 1.82) is 0 Å². The van der Waals surface area contributed by atoms with Crippen molar-refractivity contribution in [2.75, 3.05) is 12.3 Å². The lowest BCUT2D eigenvalue weighted by molar-refractivity contribution is 0.302. The molecule has 0 spiro atoms. The highest BCUT2D eigenvalue weighted by Crippen LogP contribution is 2.29. The average Bonchev–Trinajstić information content (AvgIpc) is 3.23. The molecule has 1 atom stereocenters. The van der Waals surface area contributed by atoms with Gasteiger partial charge >= 0.3 is 0 Å². The first-order valence-electron chi connectivity index (χ1n) is 7.80. The van der Waals surface area contributed by atoms with E-state index in [-0.39, 0.29) is 0 Å². The second kappa shape index (κ2) is 7.94. The fourth-order valence-corrected chi connectivity index (χ4v) is 2.95. The minimum Gasteiger partial charge on any atom is -0.490 e. The van der Waals surface area contributed by atoms with E-state index in [4.69, 9.17) is 4.74 Å². The summed E-state index contributed by atoms with van der Waals surface area (Å²) in [4.78, 5) is 0. The molecule has 0 aromatic heterocycles. The SMILES string of the molecule is CCCNC(CSC(C)C)c1cccc(OC2CC2)c1. The van der Waals surface area contributed by atoms with Gasteiger partial charge in [-0.2, -0.15) is 11.8 Å². The van der Waals surface area contributed by atoms with E-state index in [9.17, 15) is 0 Å². The Balaban J connectivity index is 2.00. The smallest absolute Gasteiger partial charge is 0.120 e. The summed E-state index contributed by atoms with van der Waals surface area (Å²) in [6.07, 6.45) is 4.06. The second-order valence-corrected chi connectivity index (χ2v) is 7.39. The zero-order valence-electron chi connectivity index (χ0n) is 12.9. The van der Waals surface area contributed by atoms with Crippen LogP contribution in [0.5, 0.6) is 5.75 Å². The minimum atomic E-state index is 0.421. The zero-order chi connectivity index (χ0) is 14.4. The van der Waals surface area contributed by atoms with Gasteiger partial charge in [-0.1, -0.05) is 32.9 Å². The molecule has 0 aliphatic heterocycles. The topological polar surface area (TPSA) is 21.3 Å². The number of hydrogen-bond donors (Lipinski definition) is 1. The maximum absolute atomic E-state index is 5.91. The van der Waals surface area contributed by atoms with Crippen molar-refractivity contribution in [3.8, 4) is 5.75 Å². The van der Waals surface area contributed by atoms with Gasteiger partial charge in [-0.15, -0.1) is 0 Å². The molecule has 1 aromatic carbocycles. The van der Waals surface area contributed by atoms with Gasteiger partial charge in [-0.05, 0) is 48.8 Å². The van der Waals surface area contributed by atoms with Crippen molar-refractivity contribution in [1.82, 2.24) is 5.32 Å². The summed E-state index contributed by atoms with van der Waals surface area (Å²) in [7, 11) is 0. The van der Waals surface area contributed by atoms with Crippen molar-refractivity contribution in [2.45, 2.75) is 57.4 Å². The van der Waals surface area contributed by atoms with Crippen LogP contribution < -0.4 is 10.1 Å². The third kappa shape index (κ3) is 5.37. The van der Waals surface area contributed by atoms with E-state index in [1.807, 2.05) is 11.8 Å². The molecule has 3 heteroatoms. The maximum atomic E-state index is 5.91. The lowest BCUT2D eigenvalue weighted by atomic mass is 10.1. The van der Waals surface area contributed by atoms with Gasteiger partial charge in [-0.3, -0.25) is 0 Å². The molecule has 1 N–H and O–H groups in total. The predicted octanol–water partition coefficient (Wildman–Crippen LogP) is 4.41. The molecule has 0 radical (unpaired) electrons. The largest absolute Gasteiger partial charge is 0.490 e. The molecule has 1 unspecified atom stereocenters. The van der Waals surface area contributed by atoms with E-state index < -0.39 is 0 Å². The second-order valence-electron chi connectivity index (χ2n) is 5.78. The molecule has 0 bridgehead atoms. The van der Waals surface area contributed by atoms with E-state index >= 15 is 0 Å². The molecule has 1 aliphatic carbocycles. The van der Waals surface area contributed by atoms with Crippen LogP contribution in [0.2, 0.25) is 0 Å². The Labute approximate surface area is 127 Å². The summed E-state index contributed by atoms with van der Waals surface area (Å²) in [5.74, 6) is 2.15. The van der Waals surface area contributed by atoms with Gasteiger partial charge in [-0.25, -0.2) is 0 Å². The Bertz CT molecular complexity index is 404. The summed E-state index contributed by atoms with van der Waals surface area (Å²) in [5.41, 5.74) is 1.35. The summed E-state index contributed by atoms with van der Waals surface area (Å²) >= 11 is 2.01. The van der Waals surface area contributed by atoms with Crippen LogP contribution in [0.4, 0.5) is 0 Å². The third-order valence-electron chi connectivity index (χ3n) is 3.32. The molecule has 1 aliphatic rings. The summed E-state index contributed by atoms with van der Waals surface area (Å²) < 4.78 is 5.91. The summed E-state index contributed by atoms with van der Waals surface area (Å²) in [5, 5.41) is 4.33. The van der Waals surface area contributed by atoms with Crippen LogP contribution in [0.1, 0.15) is 51.6 Å². The van der Waals surface area contributed by atoms with Gasteiger partial charge in [0.1, 0.15) is 5.75 Å². The molecule has 0 saturated heterocycles. The molecular weight excluding hydrogens is 266 g/mol. The van der Waals surface area contributed by atoms with Crippen molar-refractivity contribution in [3.05, 3.63) is 29.8 Å². The Morgan fingerprint density at radius 3 is 2.80 bits per heavy atom. The van der Waals surface area contributed by atoms with E-state index in [0.717, 1.165) is 18.0 Å². The van der Waals surface area contributed by atoms with Crippen molar-refractivity contribution >= 4 is 11.8 Å². The summed E-state index contributed by atoms with van der Waals surface area (Å²) in [6, 6.07) is 9.05. The number of benzene rings is 1. The first kappa shape index (κ1) is 15.7. The van der Waals surface area contributed by atoms with Crippen molar-refractivity contribution in [3.63, 3.8) is 0 Å². The number of hydrogen-bond acceptors (Lipinski definition) is 3. The quantitative estimate of drug-likeness (QED) is 0.728. The molecule has 1 fully saturated rings. The standard InChI is InChI=1S/C17H27NOS/c1-4-10-18-17(12-20-13(2)3)14-6-5-7-16(11-14)19-15-8-9-15/h5-7,11,13,15,17-18H,4,8-10,12H2,1-3H3. The highest BCUT2D eigenvalue weighted by Gasteiger charge is 2.23. The number of rotatable bonds is 9. The first-order valence-corrected chi connectivity index (χ1v) is 8.85. The van der Waals surface area contributed by atoms with Crippen LogP contribution in [0, 0.1) is 0 Å². The molecule has 2 nitrogen and oxygen atoms in total. The van der Waals surface area contributed by atoms with Crippen LogP contribution in [0.15, 0.2) is 24.3 Å². The molecule has 0 heterocycles. The van der Waals surface area contributed by atoms with Gasteiger partial charge in [0.15, 0.2) is 0 Å². The lowest BCUT2D eigenvalue weighted by Gasteiger charge is -2.20. The predicted molar refractivity (Wildman–Crippen MR) is 88.7 cm³/mol. The fraction of sp³-hybridized carbons (Fsp3) is 0.647. The number of ether oxygens (including phenoxy) is 1. The lowest BCUT2D eigenvalue weighted by Crippen LogP contribution is -2.24. The Morgan fingerprint density at radius 2 is 2.15 bits per heavy atom. The molecular formula is C17H27NOS. The molecule has 1 aromatic rings. The average molecular weight is 293 g/mol. The number of thioether (sulfide) groups is 1. The Kier molecular flexibility index (Phi) is 6.24. The molecule has 1 saturated carbocycles. The Hall–Kier alpha value is -0.670. The van der Waals surface area contributed by atoms with E-state index in [2.05, 4.69) is 50.4 Å². The molecule has 20 heavy (non-hydrogen) atoms. The van der Waals surface area contributed by atoms with Gasteiger partial charge in [0.25, 0.3) is 0 Å². The van der Waals surface area contributed by atoms with Crippen LogP contribution in [-0.2, 0) is 0 Å². The van der Waals surface area contributed by atoms with Gasteiger partial charge in [0, 0.05) is 11.8 Å². The van der Waals surface area contributed by atoms with Gasteiger partial charge < -0.3 is 10.1 Å². The molecule has 2 rings (SSSR count). The van der Waals surface area contributed by atoms with Gasteiger partial charge in [0.05, 0.1) is 6.10 Å². The Morgan fingerprint density at radius 1 is 1.35 bits per heavy atom. The third-order valence-corrected chi connectivity index (χ3v) is 4.52. The molecule has 0 amide bonds. The van der Waals surface area contributed by atoms with Crippen LogP contribution >= 0.6 is 11.8 Å². The zero-order valence-corrected chi connectivity index (χ0v) is 13.7. The minimum absolute atomic E-state index is 0.421. The number of nitrogens with one attached hydrogen (secondary N) is 1. The monoisotopic (exact) mass is 293 g/mol. The highest BCUT2D eigenvalue weighted by atomic mass is 32.2. The molecule has 112 valence electrons. The van der Waals surface area contributed by atoms with E-state index in [1.165, 1.54) is 24.8 Å². The van der Waals surface area contributed by atoms with Crippen molar-refractivity contribution in [2.24, 2.45) is 0 Å². The normalized spacial score (nSPS) is 16.4. The van der Waals surface area contributed by atoms with Gasteiger partial charge in [0.2, 0.25) is 0 Å².